The van der Waals surface area contributed by atoms with Crippen molar-refractivity contribution in [2.45, 2.75) is 38.1 Å². The molecule has 0 aliphatic carbocycles. The van der Waals surface area contributed by atoms with Gasteiger partial charge in [-0.1, -0.05) is 91.0 Å². The molecule has 0 bridgehead atoms. The van der Waals surface area contributed by atoms with Crippen LogP contribution in [0.5, 0.6) is 0 Å². The van der Waals surface area contributed by atoms with Crippen molar-refractivity contribution >= 4 is 5.97 Å². The third-order valence-corrected chi connectivity index (χ3v) is 5.71. The van der Waals surface area contributed by atoms with Crippen LogP contribution in [0.2, 0.25) is 0 Å². The van der Waals surface area contributed by atoms with Gasteiger partial charge in [0.15, 0.2) is 0 Å². The van der Waals surface area contributed by atoms with E-state index in [2.05, 4.69) is 0 Å². The van der Waals surface area contributed by atoms with Crippen molar-refractivity contribution < 1.29 is 28.5 Å². The molecule has 0 aromatic heterocycles. The first kappa shape index (κ1) is 24.7. The van der Waals surface area contributed by atoms with Crippen molar-refractivity contribution in [3.8, 4) is 0 Å². The highest BCUT2D eigenvalue weighted by Crippen LogP contribution is 2.28. The topological polar surface area (TPSA) is 63.2 Å². The van der Waals surface area contributed by atoms with Crippen LogP contribution < -0.4 is 0 Å². The van der Waals surface area contributed by atoms with Crippen molar-refractivity contribution in [1.82, 2.24) is 0 Å². The zero-order chi connectivity index (χ0) is 24.3. The molecule has 0 saturated carbocycles. The highest BCUT2D eigenvalue weighted by atomic mass is 16.6. The van der Waals surface area contributed by atoms with Gasteiger partial charge in [0.2, 0.25) is 0 Å². The van der Waals surface area contributed by atoms with Gasteiger partial charge in [0, 0.05) is 0 Å². The minimum absolute atomic E-state index is 0.268. The Kier molecular flexibility index (Phi) is 9.06. The molecule has 3 atom stereocenters. The van der Waals surface area contributed by atoms with E-state index < -0.39 is 24.3 Å². The Bertz CT molecular complexity index is 1070. The second kappa shape index (κ2) is 12.9. The maximum atomic E-state index is 12.6. The Morgan fingerprint density at radius 3 is 1.80 bits per heavy atom. The van der Waals surface area contributed by atoms with Crippen LogP contribution in [-0.4, -0.2) is 38.0 Å². The van der Waals surface area contributed by atoms with Gasteiger partial charge in [0.25, 0.3) is 0 Å². The average Bonchev–Trinajstić information content (AvgIpc) is 2.92. The fourth-order valence-corrected chi connectivity index (χ4v) is 3.87. The van der Waals surface area contributed by atoms with Gasteiger partial charge in [-0.05, 0) is 16.7 Å². The maximum absolute atomic E-state index is 12.6. The lowest BCUT2D eigenvalue weighted by atomic mass is 9.98. The molecule has 0 amide bonds. The van der Waals surface area contributed by atoms with E-state index in [0.717, 1.165) is 16.7 Å². The molecule has 3 aromatic rings. The Morgan fingerprint density at radius 2 is 1.26 bits per heavy atom. The van der Waals surface area contributed by atoms with Crippen LogP contribution in [0.3, 0.4) is 0 Å². The van der Waals surface area contributed by atoms with E-state index in [0.29, 0.717) is 19.8 Å². The van der Waals surface area contributed by atoms with Crippen molar-refractivity contribution in [2.24, 2.45) is 0 Å². The van der Waals surface area contributed by atoms with Gasteiger partial charge < -0.3 is 23.7 Å². The van der Waals surface area contributed by atoms with Crippen molar-refractivity contribution in [1.29, 1.82) is 0 Å². The summed E-state index contributed by atoms with van der Waals surface area (Å²) < 4.78 is 29.5. The molecule has 1 heterocycles. The highest BCUT2D eigenvalue weighted by molar-refractivity contribution is 5.89. The summed E-state index contributed by atoms with van der Waals surface area (Å²) in [5.74, 6) is -0.514. The second-order valence-electron chi connectivity index (χ2n) is 8.22. The molecule has 35 heavy (non-hydrogen) atoms. The Labute approximate surface area is 206 Å². The van der Waals surface area contributed by atoms with Crippen LogP contribution in [0, 0.1) is 0 Å². The molecule has 0 fully saturated rings. The molecule has 3 unspecified atom stereocenters. The lowest BCUT2D eigenvalue weighted by Crippen LogP contribution is -2.49. The fourth-order valence-electron chi connectivity index (χ4n) is 3.87. The number of benzene rings is 3. The van der Waals surface area contributed by atoms with Gasteiger partial charge in [0.1, 0.15) is 23.9 Å². The Morgan fingerprint density at radius 1 is 0.743 bits per heavy atom. The smallest absolute Gasteiger partial charge is 0.339 e. The average molecular weight is 475 g/mol. The van der Waals surface area contributed by atoms with Crippen molar-refractivity contribution in [3.63, 3.8) is 0 Å². The normalized spacial score (nSPS) is 19.5. The standard InChI is InChI=1S/C29H30O6/c1-31-29(30)25-20-33-26(21-32-17-22-11-5-2-6-12-22)28(35-19-24-15-9-4-10-16-24)27(25)34-18-23-13-7-3-8-14-23/h2-16,20,26-28H,17-19,21H2,1H3. The predicted molar refractivity (Wildman–Crippen MR) is 131 cm³/mol. The molecular formula is C29H30O6. The summed E-state index contributed by atoms with van der Waals surface area (Å²) in [4.78, 5) is 12.6. The molecule has 6 heteroatoms. The summed E-state index contributed by atoms with van der Waals surface area (Å²) in [6.45, 7) is 1.35. The van der Waals surface area contributed by atoms with Crippen LogP contribution in [-0.2, 0) is 48.3 Å². The number of rotatable bonds is 11. The molecule has 4 rings (SSSR count). The number of hydrogen-bond donors (Lipinski definition) is 0. The molecular weight excluding hydrogens is 444 g/mol. The van der Waals surface area contributed by atoms with Gasteiger partial charge in [-0.2, -0.15) is 0 Å². The molecule has 0 spiro atoms. The monoisotopic (exact) mass is 474 g/mol. The number of methoxy groups -OCH3 is 1. The van der Waals surface area contributed by atoms with E-state index >= 15 is 0 Å². The summed E-state index contributed by atoms with van der Waals surface area (Å²) in [6, 6.07) is 29.6. The van der Waals surface area contributed by atoms with Gasteiger partial charge in [-0.3, -0.25) is 0 Å². The van der Waals surface area contributed by atoms with Gasteiger partial charge in [-0.15, -0.1) is 0 Å². The zero-order valence-corrected chi connectivity index (χ0v) is 19.7. The molecule has 6 nitrogen and oxygen atoms in total. The van der Waals surface area contributed by atoms with Crippen molar-refractivity contribution in [3.05, 3.63) is 120 Å². The van der Waals surface area contributed by atoms with Crippen LogP contribution in [0.4, 0.5) is 0 Å². The number of carbonyl (C=O) groups is 1. The minimum atomic E-state index is -0.689. The molecule has 182 valence electrons. The Balaban J connectivity index is 1.52. The van der Waals surface area contributed by atoms with E-state index in [9.17, 15) is 4.79 Å². The lowest BCUT2D eigenvalue weighted by Gasteiger charge is -2.37. The quantitative estimate of drug-likeness (QED) is 0.371. The molecule has 3 aromatic carbocycles. The summed E-state index contributed by atoms with van der Waals surface area (Å²) >= 11 is 0. The summed E-state index contributed by atoms with van der Waals surface area (Å²) in [7, 11) is 1.34. The van der Waals surface area contributed by atoms with E-state index in [1.807, 2.05) is 91.0 Å². The zero-order valence-electron chi connectivity index (χ0n) is 19.7. The molecule has 0 N–H and O–H groups in total. The van der Waals surface area contributed by atoms with Crippen molar-refractivity contribution in [2.75, 3.05) is 13.7 Å². The minimum Gasteiger partial charge on any atom is -0.492 e. The first-order valence-corrected chi connectivity index (χ1v) is 11.6. The van der Waals surface area contributed by atoms with E-state index in [4.69, 9.17) is 23.7 Å². The van der Waals surface area contributed by atoms with E-state index in [1.54, 1.807) is 0 Å². The number of hydrogen-bond acceptors (Lipinski definition) is 6. The maximum Gasteiger partial charge on any atom is 0.339 e. The molecule has 0 saturated heterocycles. The first-order valence-electron chi connectivity index (χ1n) is 11.6. The van der Waals surface area contributed by atoms with Crippen LogP contribution >= 0.6 is 0 Å². The predicted octanol–water partition coefficient (Wildman–Crippen LogP) is 4.83. The number of ether oxygens (including phenoxy) is 5. The summed E-state index contributed by atoms with van der Waals surface area (Å²) in [5.41, 5.74) is 3.34. The number of esters is 1. The molecule has 1 aliphatic heterocycles. The first-order chi connectivity index (χ1) is 17.2. The van der Waals surface area contributed by atoms with Gasteiger partial charge in [-0.25, -0.2) is 4.79 Å². The van der Waals surface area contributed by atoms with Crippen LogP contribution in [0.15, 0.2) is 103 Å². The SMILES string of the molecule is COC(=O)C1=COC(COCc2ccccc2)C(OCc2ccccc2)C1OCc1ccccc1. The fraction of sp³-hybridized carbons (Fsp3) is 0.276. The highest BCUT2D eigenvalue weighted by Gasteiger charge is 2.42. The molecule has 0 radical (unpaired) electrons. The number of carbonyl (C=O) groups excluding carboxylic acids is 1. The summed E-state index contributed by atoms with van der Waals surface area (Å²) in [6.07, 6.45) is -0.337. The van der Waals surface area contributed by atoms with E-state index in [1.165, 1.54) is 13.4 Å². The van der Waals surface area contributed by atoms with Crippen LogP contribution in [0.25, 0.3) is 0 Å². The summed E-state index contributed by atoms with van der Waals surface area (Å²) in [5, 5.41) is 0. The largest absolute Gasteiger partial charge is 0.492 e. The third-order valence-electron chi connectivity index (χ3n) is 5.71. The third kappa shape index (κ3) is 7.02. The molecule has 1 aliphatic rings. The Hall–Kier alpha value is -3.45. The van der Waals surface area contributed by atoms with Gasteiger partial charge in [0.05, 0.1) is 39.8 Å². The lowest BCUT2D eigenvalue weighted by molar-refractivity contribution is -0.162. The van der Waals surface area contributed by atoms with E-state index in [-0.39, 0.29) is 12.2 Å². The second-order valence-corrected chi connectivity index (χ2v) is 8.22. The van der Waals surface area contributed by atoms with Gasteiger partial charge >= 0.3 is 5.97 Å². The van der Waals surface area contributed by atoms with Crippen LogP contribution in [0.1, 0.15) is 16.7 Å².